The van der Waals surface area contributed by atoms with Crippen LogP contribution in [0.15, 0.2) is 194 Å². The van der Waals surface area contributed by atoms with Gasteiger partial charge in [0.25, 0.3) is 0 Å². The average Bonchev–Trinajstić information content (AvgIpc) is 3.88. The van der Waals surface area contributed by atoms with Gasteiger partial charge in [-0.2, -0.15) is 0 Å². The van der Waals surface area contributed by atoms with Crippen LogP contribution in [0.25, 0.3) is 80.7 Å². The van der Waals surface area contributed by atoms with E-state index in [-0.39, 0.29) is 5.41 Å². The molecule has 0 spiro atoms. The van der Waals surface area contributed by atoms with Crippen molar-refractivity contribution in [2.75, 3.05) is 4.90 Å². The zero-order valence-electron chi connectivity index (χ0n) is 32.3. The standard InChI is InChI=1S/C55H38N2S/c1-55(2)48-19-11-9-18-44(48)54-45-34-51-47(32-37(45)23-29-49(54)55)46-31-36(24-30-50(46)57(51)39-15-7-4-8-16-39)35-21-25-40(26-22-35)56(38-13-5-3-6-14-38)41-27-28-43-42-17-10-12-20-52(42)58-53(43)33-41/h3-34H,1-2H3. The maximum atomic E-state index is 2.46. The third kappa shape index (κ3) is 4.90. The van der Waals surface area contributed by atoms with Gasteiger partial charge < -0.3 is 9.47 Å². The molecule has 12 rings (SSSR count). The molecule has 58 heavy (non-hydrogen) atoms. The summed E-state index contributed by atoms with van der Waals surface area (Å²) in [6.45, 7) is 4.73. The van der Waals surface area contributed by atoms with Crippen LogP contribution < -0.4 is 4.90 Å². The fourth-order valence-corrected chi connectivity index (χ4v) is 10.9. The van der Waals surface area contributed by atoms with E-state index in [2.05, 4.69) is 217 Å². The summed E-state index contributed by atoms with van der Waals surface area (Å²) in [6.07, 6.45) is 0. The molecule has 9 aromatic carbocycles. The zero-order chi connectivity index (χ0) is 38.5. The van der Waals surface area contributed by atoms with Gasteiger partial charge >= 0.3 is 0 Å². The van der Waals surface area contributed by atoms with Crippen molar-refractivity contribution in [3.63, 3.8) is 0 Å². The average molecular weight is 759 g/mol. The summed E-state index contributed by atoms with van der Waals surface area (Å²) < 4.78 is 5.07. The van der Waals surface area contributed by atoms with Crippen LogP contribution in [0.2, 0.25) is 0 Å². The van der Waals surface area contributed by atoms with E-state index in [0.717, 1.165) is 17.1 Å². The molecule has 0 N–H and O–H groups in total. The van der Waals surface area contributed by atoms with Gasteiger partial charge in [0.15, 0.2) is 0 Å². The van der Waals surface area contributed by atoms with Crippen LogP contribution in [0.1, 0.15) is 25.0 Å². The van der Waals surface area contributed by atoms with E-state index in [0.29, 0.717) is 0 Å². The minimum Gasteiger partial charge on any atom is -0.310 e. The number of aromatic nitrogens is 1. The molecule has 2 nitrogen and oxygen atoms in total. The summed E-state index contributed by atoms with van der Waals surface area (Å²) in [4.78, 5) is 2.37. The maximum Gasteiger partial charge on any atom is 0.0547 e. The van der Waals surface area contributed by atoms with Gasteiger partial charge in [0, 0.05) is 59.1 Å². The first-order valence-corrected chi connectivity index (χ1v) is 20.9. The van der Waals surface area contributed by atoms with Crippen LogP contribution >= 0.6 is 11.3 Å². The molecule has 0 atom stereocenters. The van der Waals surface area contributed by atoms with Gasteiger partial charge in [-0.3, -0.25) is 0 Å². The molecular weight excluding hydrogens is 721 g/mol. The molecule has 2 heterocycles. The van der Waals surface area contributed by atoms with Gasteiger partial charge in [-0.1, -0.05) is 129 Å². The summed E-state index contributed by atoms with van der Waals surface area (Å²) in [6, 6.07) is 71.8. The lowest BCUT2D eigenvalue weighted by atomic mass is 9.82. The van der Waals surface area contributed by atoms with E-state index < -0.39 is 0 Å². The van der Waals surface area contributed by atoms with Crippen LogP contribution in [0.5, 0.6) is 0 Å². The summed E-state index contributed by atoms with van der Waals surface area (Å²) in [7, 11) is 0. The summed E-state index contributed by atoms with van der Waals surface area (Å²) in [5.41, 5.74) is 14.9. The van der Waals surface area contributed by atoms with Gasteiger partial charge in [0.05, 0.1) is 11.0 Å². The Morgan fingerprint density at radius 1 is 0.431 bits per heavy atom. The molecule has 1 aliphatic rings. The normalized spacial score (nSPS) is 13.1. The number of rotatable bonds is 5. The number of hydrogen-bond donors (Lipinski definition) is 0. The topological polar surface area (TPSA) is 8.17 Å². The smallest absolute Gasteiger partial charge is 0.0547 e. The summed E-state index contributed by atoms with van der Waals surface area (Å²) in [5.74, 6) is 0. The largest absolute Gasteiger partial charge is 0.310 e. The Morgan fingerprint density at radius 2 is 1.10 bits per heavy atom. The molecule has 1 aliphatic carbocycles. The third-order valence-electron chi connectivity index (χ3n) is 12.6. The fourth-order valence-electron chi connectivity index (χ4n) is 9.76. The van der Waals surface area contributed by atoms with E-state index in [1.807, 2.05) is 11.3 Å². The highest BCUT2D eigenvalue weighted by atomic mass is 32.1. The lowest BCUT2D eigenvalue weighted by Crippen LogP contribution is -2.14. The molecule has 0 unspecified atom stereocenters. The summed E-state index contributed by atoms with van der Waals surface area (Å²) >= 11 is 1.86. The van der Waals surface area contributed by atoms with Gasteiger partial charge in [-0.05, 0) is 123 Å². The minimum absolute atomic E-state index is 0.0451. The number of fused-ring (bicyclic) bond motifs is 11. The molecule has 0 amide bonds. The molecular formula is C55H38N2S. The van der Waals surface area contributed by atoms with Crippen LogP contribution in [-0.2, 0) is 5.41 Å². The Kier molecular flexibility index (Phi) is 7.18. The predicted octanol–water partition coefficient (Wildman–Crippen LogP) is 15.7. The second-order valence-corrected chi connectivity index (χ2v) is 17.2. The molecule has 0 saturated carbocycles. The first kappa shape index (κ1) is 33.2. The van der Waals surface area contributed by atoms with Gasteiger partial charge in [-0.15, -0.1) is 11.3 Å². The quantitative estimate of drug-likeness (QED) is 0.170. The van der Waals surface area contributed by atoms with E-state index in [4.69, 9.17) is 0 Å². The van der Waals surface area contributed by atoms with Crippen molar-refractivity contribution >= 4 is 81.1 Å². The lowest BCUT2D eigenvalue weighted by molar-refractivity contribution is 0.661. The second kappa shape index (κ2) is 12.5. The Hall–Kier alpha value is -6.94. The Labute approximate surface area is 341 Å². The maximum absolute atomic E-state index is 2.46. The Bertz CT molecular complexity index is 3410. The van der Waals surface area contributed by atoms with E-state index in [1.165, 1.54) is 91.8 Å². The van der Waals surface area contributed by atoms with Crippen molar-refractivity contribution in [3.05, 3.63) is 205 Å². The molecule has 0 radical (unpaired) electrons. The van der Waals surface area contributed by atoms with Crippen LogP contribution in [0.3, 0.4) is 0 Å². The number of hydrogen-bond acceptors (Lipinski definition) is 2. The SMILES string of the molecule is CC1(C)c2ccccc2-c2c1ccc1cc3c4cc(-c5ccc(N(c6ccccc6)c6ccc7c(c6)sc6ccccc67)cc5)ccc4n(-c4ccccc4)c3cc21. The van der Waals surface area contributed by atoms with Gasteiger partial charge in [-0.25, -0.2) is 0 Å². The molecule has 0 aliphatic heterocycles. The number of nitrogens with zero attached hydrogens (tertiary/aromatic N) is 2. The van der Waals surface area contributed by atoms with Crippen molar-refractivity contribution in [2.24, 2.45) is 0 Å². The summed E-state index contributed by atoms with van der Waals surface area (Å²) in [5, 5.41) is 7.74. The molecule has 2 aromatic heterocycles. The van der Waals surface area contributed by atoms with E-state index in [9.17, 15) is 0 Å². The third-order valence-corrected chi connectivity index (χ3v) is 13.7. The van der Waals surface area contributed by atoms with Crippen molar-refractivity contribution in [1.82, 2.24) is 4.57 Å². The van der Waals surface area contributed by atoms with Gasteiger partial charge in [0.2, 0.25) is 0 Å². The molecule has 0 bridgehead atoms. The molecule has 0 fully saturated rings. The second-order valence-electron chi connectivity index (χ2n) is 16.1. The highest BCUT2D eigenvalue weighted by Crippen LogP contribution is 2.52. The van der Waals surface area contributed by atoms with Crippen LogP contribution in [0.4, 0.5) is 17.1 Å². The van der Waals surface area contributed by atoms with Gasteiger partial charge in [0.1, 0.15) is 0 Å². The molecule has 274 valence electrons. The zero-order valence-corrected chi connectivity index (χ0v) is 33.1. The Morgan fingerprint density at radius 3 is 1.95 bits per heavy atom. The number of benzene rings is 9. The van der Waals surface area contributed by atoms with Crippen molar-refractivity contribution in [3.8, 4) is 27.9 Å². The van der Waals surface area contributed by atoms with Crippen LogP contribution in [0, 0.1) is 0 Å². The highest BCUT2D eigenvalue weighted by molar-refractivity contribution is 7.25. The van der Waals surface area contributed by atoms with Crippen molar-refractivity contribution < 1.29 is 0 Å². The van der Waals surface area contributed by atoms with Crippen molar-refractivity contribution in [2.45, 2.75) is 19.3 Å². The highest BCUT2D eigenvalue weighted by Gasteiger charge is 2.36. The molecule has 3 heteroatoms. The van der Waals surface area contributed by atoms with E-state index in [1.54, 1.807) is 0 Å². The lowest BCUT2D eigenvalue weighted by Gasteiger charge is -2.25. The fraction of sp³-hybridized carbons (Fsp3) is 0.0545. The Balaban J connectivity index is 1.00. The number of para-hydroxylation sites is 2. The molecule has 0 saturated heterocycles. The first-order valence-electron chi connectivity index (χ1n) is 20.1. The monoisotopic (exact) mass is 758 g/mol. The van der Waals surface area contributed by atoms with Crippen molar-refractivity contribution in [1.29, 1.82) is 0 Å². The number of thiophene rings is 1. The minimum atomic E-state index is -0.0451. The number of anilines is 3. The van der Waals surface area contributed by atoms with E-state index >= 15 is 0 Å². The predicted molar refractivity (Wildman–Crippen MR) is 249 cm³/mol. The van der Waals surface area contributed by atoms with Crippen LogP contribution in [-0.4, -0.2) is 4.57 Å². The first-order chi connectivity index (χ1) is 28.5. The molecule has 11 aromatic rings.